The highest BCUT2D eigenvalue weighted by molar-refractivity contribution is 5.85. The van der Waals surface area contributed by atoms with E-state index in [-0.39, 0.29) is 5.82 Å². The summed E-state index contributed by atoms with van der Waals surface area (Å²) in [6.45, 7) is 6.98. The zero-order valence-corrected chi connectivity index (χ0v) is 11.1. The molecule has 1 aromatic rings. The number of nitrogens with one attached hydrogen (secondary N) is 1. The van der Waals surface area contributed by atoms with Gasteiger partial charge in [0.15, 0.2) is 0 Å². The largest absolute Gasteiger partial charge is 0.444 e. The van der Waals surface area contributed by atoms with Crippen LogP contribution in [-0.4, -0.2) is 11.7 Å². The number of hydrogen-bond acceptors (Lipinski definition) is 3. The van der Waals surface area contributed by atoms with Crippen molar-refractivity contribution in [1.29, 1.82) is 0 Å². The summed E-state index contributed by atoms with van der Waals surface area (Å²) in [5.41, 5.74) is 5.86. The van der Waals surface area contributed by atoms with Crippen molar-refractivity contribution in [1.82, 2.24) is 0 Å². The summed E-state index contributed by atoms with van der Waals surface area (Å²) in [4.78, 5) is 11.5. The molecule has 1 aromatic carbocycles. The zero-order chi connectivity index (χ0) is 13.9. The first-order chi connectivity index (χ1) is 8.19. The Morgan fingerprint density at radius 1 is 1.44 bits per heavy atom. The van der Waals surface area contributed by atoms with Crippen LogP contribution in [-0.2, 0) is 4.74 Å². The number of hydrogen-bond donors (Lipinski definition) is 2. The lowest BCUT2D eigenvalue weighted by molar-refractivity contribution is 0.0636. The van der Waals surface area contributed by atoms with Crippen LogP contribution in [0.1, 0.15) is 39.3 Å². The normalized spacial score (nSPS) is 13.0. The Morgan fingerprint density at radius 2 is 2.06 bits per heavy atom. The van der Waals surface area contributed by atoms with Gasteiger partial charge in [-0.2, -0.15) is 0 Å². The van der Waals surface area contributed by atoms with Crippen LogP contribution >= 0.6 is 0 Å². The third-order valence-electron chi connectivity index (χ3n) is 2.13. The number of carbonyl (C=O) groups is 1. The number of halogens is 1. The van der Waals surface area contributed by atoms with Gasteiger partial charge in [0.05, 0.1) is 0 Å². The van der Waals surface area contributed by atoms with Crippen molar-refractivity contribution in [3.8, 4) is 0 Å². The first kappa shape index (κ1) is 14.4. The van der Waals surface area contributed by atoms with Gasteiger partial charge in [-0.3, -0.25) is 5.32 Å². The molecule has 100 valence electrons. The van der Waals surface area contributed by atoms with Crippen molar-refractivity contribution in [3.63, 3.8) is 0 Å². The lowest BCUT2D eigenvalue weighted by Gasteiger charge is -2.20. The third-order valence-corrected chi connectivity index (χ3v) is 2.13. The Kier molecular flexibility index (Phi) is 4.29. The molecular weight excluding hydrogens is 235 g/mol. The highest BCUT2D eigenvalue weighted by Gasteiger charge is 2.17. The smallest absolute Gasteiger partial charge is 0.412 e. The average Bonchev–Trinajstić information content (AvgIpc) is 2.17. The van der Waals surface area contributed by atoms with Gasteiger partial charge in [-0.25, -0.2) is 9.18 Å². The van der Waals surface area contributed by atoms with Crippen LogP contribution < -0.4 is 11.1 Å². The maximum Gasteiger partial charge on any atom is 0.412 e. The van der Waals surface area contributed by atoms with Crippen LogP contribution in [0.25, 0.3) is 0 Å². The molecular formula is C13H19FN2O2. The van der Waals surface area contributed by atoms with Crippen molar-refractivity contribution in [3.05, 3.63) is 29.6 Å². The molecule has 0 aromatic heterocycles. The summed E-state index contributed by atoms with van der Waals surface area (Å²) in [5.74, 6) is -0.389. The lowest BCUT2D eigenvalue weighted by atomic mass is 10.1. The molecule has 0 saturated carbocycles. The van der Waals surface area contributed by atoms with Gasteiger partial charge in [0, 0.05) is 17.3 Å². The number of carbonyl (C=O) groups excluding carboxylic acids is 1. The van der Waals surface area contributed by atoms with E-state index in [2.05, 4.69) is 5.32 Å². The number of rotatable bonds is 2. The summed E-state index contributed by atoms with van der Waals surface area (Å²) >= 11 is 0. The topological polar surface area (TPSA) is 64.3 Å². The second-order valence-corrected chi connectivity index (χ2v) is 5.15. The van der Waals surface area contributed by atoms with Crippen molar-refractivity contribution < 1.29 is 13.9 Å². The number of anilines is 1. The molecule has 0 aliphatic carbocycles. The van der Waals surface area contributed by atoms with Gasteiger partial charge in [0.25, 0.3) is 0 Å². The average molecular weight is 254 g/mol. The predicted molar refractivity (Wildman–Crippen MR) is 68.9 cm³/mol. The molecule has 18 heavy (non-hydrogen) atoms. The Labute approximate surface area is 106 Å². The SMILES string of the molecule is CC(N)c1cc(NC(=O)OC(C)(C)C)ccc1F. The zero-order valence-electron chi connectivity index (χ0n) is 11.1. The van der Waals surface area contributed by atoms with Gasteiger partial charge in [-0.1, -0.05) is 0 Å². The van der Waals surface area contributed by atoms with Crippen LogP contribution in [0.5, 0.6) is 0 Å². The van der Waals surface area contributed by atoms with E-state index < -0.39 is 17.7 Å². The molecule has 0 aliphatic heterocycles. The second kappa shape index (κ2) is 5.35. The highest BCUT2D eigenvalue weighted by Crippen LogP contribution is 2.20. The number of ether oxygens (including phenoxy) is 1. The maximum absolute atomic E-state index is 13.4. The van der Waals surface area contributed by atoms with E-state index in [1.807, 2.05) is 0 Å². The molecule has 5 heteroatoms. The standard InChI is InChI=1S/C13H19FN2O2/c1-8(15)10-7-9(5-6-11(10)14)16-12(17)18-13(2,3)4/h5-8H,15H2,1-4H3,(H,16,17). The summed E-state index contributed by atoms with van der Waals surface area (Å²) in [6, 6.07) is 3.80. The maximum atomic E-state index is 13.4. The second-order valence-electron chi connectivity index (χ2n) is 5.15. The van der Waals surface area contributed by atoms with Crippen molar-refractivity contribution in [2.75, 3.05) is 5.32 Å². The van der Waals surface area contributed by atoms with E-state index >= 15 is 0 Å². The van der Waals surface area contributed by atoms with Crippen LogP contribution in [0, 0.1) is 5.82 Å². The summed E-state index contributed by atoms with van der Waals surface area (Å²) in [5, 5.41) is 2.54. The molecule has 4 nitrogen and oxygen atoms in total. The molecule has 0 radical (unpaired) electrons. The Morgan fingerprint density at radius 3 is 2.56 bits per heavy atom. The molecule has 0 spiro atoms. The fourth-order valence-electron chi connectivity index (χ4n) is 1.39. The van der Waals surface area contributed by atoms with E-state index in [1.165, 1.54) is 18.2 Å². The number of benzene rings is 1. The minimum Gasteiger partial charge on any atom is -0.444 e. The fraction of sp³-hybridized carbons (Fsp3) is 0.462. The van der Waals surface area contributed by atoms with Crippen LogP contribution in [0.2, 0.25) is 0 Å². The number of amides is 1. The molecule has 0 aliphatic rings. The van der Waals surface area contributed by atoms with Crippen molar-refractivity contribution in [2.24, 2.45) is 5.73 Å². The third kappa shape index (κ3) is 4.33. The van der Waals surface area contributed by atoms with E-state index in [0.717, 1.165) is 0 Å². The fourth-order valence-corrected chi connectivity index (χ4v) is 1.39. The number of nitrogens with two attached hydrogens (primary N) is 1. The lowest BCUT2D eigenvalue weighted by Crippen LogP contribution is -2.27. The van der Waals surface area contributed by atoms with E-state index in [4.69, 9.17) is 10.5 Å². The Bertz CT molecular complexity index is 439. The van der Waals surface area contributed by atoms with Crippen molar-refractivity contribution >= 4 is 11.8 Å². The molecule has 3 N–H and O–H groups in total. The first-order valence-corrected chi connectivity index (χ1v) is 5.74. The van der Waals surface area contributed by atoms with Crippen LogP contribution in [0.4, 0.5) is 14.9 Å². The molecule has 0 heterocycles. The minimum absolute atomic E-state index is 0.351. The molecule has 1 rings (SSSR count). The van der Waals surface area contributed by atoms with E-state index in [1.54, 1.807) is 27.7 Å². The van der Waals surface area contributed by atoms with Gasteiger partial charge in [-0.05, 0) is 45.9 Å². The monoisotopic (exact) mass is 254 g/mol. The quantitative estimate of drug-likeness (QED) is 0.851. The van der Waals surface area contributed by atoms with E-state index in [9.17, 15) is 9.18 Å². The van der Waals surface area contributed by atoms with Gasteiger partial charge in [0.2, 0.25) is 0 Å². The van der Waals surface area contributed by atoms with Gasteiger partial charge >= 0.3 is 6.09 Å². The molecule has 1 amide bonds. The minimum atomic E-state index is -0.579. The summed E-state index contributed by atoms with van der Waals surface area (Å²) in [7, 11) is 0. The molecule has 0 fully saturated rings. The van der Waals surface area contributed by atoms with Gasteiger partial charge in [-0.15, -0.1) is 0 Å². The van der Waals surface area contributed by atoms with Gasteiger partial charge in [0.1, 0.15) is 11.4 Å². The van der Waals surface area contributed by atoms with Crippen LogP contribution in [0.15, 0.2) is 18.2 Å². The van der Waals surface area contributed by atoms with Crippen molar-refractivity contribution in [2.45, 2.75) is 39.3 Å². The Hall–Kier alpha value is -1.62. The summed E-state index contributed by atoms with van der Waals surface area (Å²) in [6.07, 6.45) is -0.579. The molecule has 1 unspecified atom stereocenters. The Balaban J connectivity index is 2.80. The predicted octanol–water partition coefficient (Wildman–Crippen LogP) is 3.19. The molecule has 0 saturated heterocycles. The molecule has 1 atom stereocenters. The van der Waals surface area contributed by atoms with E-state index in [0.29, 0.717) is 11.3 Å². The first-order valence-electron chi connectivity index (χ1n) is 5.74. The van der Waals surface area contributed by atoms with Crippen LogP contribution in [0.3, 0.4) is 0 Å². The highest BCUT2D eigenvalue weighted by atomic mass is 19.1. The summed E-state index contributed by atoms with van der Waals surface area (Å²) < 4.78 is 18.5. The van der Waals surface area contributed by atoms with Gasteiger partial charge < -0.3 is 10.5 Å². The molecule has 0 bridgehead atoms.